The molecule has 0 aliphatic heterocycles. The van der Waals surface area contributed by atoms with Crippen molar-refractivity contribution >= 4 is 17.8 Å². The average molecular weight is 203 g/mol. The summed E-state index contributed by atoms with van der Waals surface area (Å²) >= 11 is 0. The molecule has 0 heterocycles. The van der Waals surface area contributed by atoms with Crippen LogP contribution in [-0.4, -0.2) is 50.1 Å². The second-order valence-corrected chi connectivity index (χ2v) is 2.53. The van der Waals surface area contributed by atoms with Gasteiger partial charge >= 0.3 is 11.9 Å². The van der Waals surface area contributed by atoms with Crippen LogP contribution in [0.2, 0.25) is 0 Å². The smallest absolute Gasteiger partial charge is 0.325 e. The number of carbonyl (C=O) groups is 3. The zero-order valence-electron chi connectivity index (χ0n) is 8.40. The maximum Gasteiger partial charge on any atom is 0.325 e. The maximum atomic E-state index is 11.0. The summed E-state index contributed by atoms with van der Waals surface area (Å²) in [5.41, 5.74) is 0. The van der Waals surface area contributed by atoms with Crippen molar-refractivity contribution in [1.29, 1.82) is 0 Å². The Balaban J connectivity index is 4.23. The third kappa shape index (κ3) is 4.44. The summed E-state index contributed by atoms with van der Waals surface area (Å²) in [5.74, 6) is -1.55. The Morgan fingerprint density at radius 2 is 1.36 bits per heavy atom. The van der Waals surface area contributed by atoms with E-state index in [4.69, 9.17) is 0 Å². The van der Waals surface area contributed by atoms with Gasteiger partial charge in [0.25, 0.3) is 0 Å². The lowest BCUT2D eigenvalue weighted by molar-refractivity contribution is -0.151. The van der Waals surface area contributed by atoms with Crippen LogP contribution in [0.1, 0.15) is 6.92 Å². The van der Waals surface area contributed by atoms with Gasteiger partial charge in [0.2, 0.25) is 5.91 Å². The van der Waals surface area contributed by atoms with E-state index in [1.807, 2.05) is 0 Å². The number of ether oxygens (including phenoxy) is 2. The summed E-state index contributed by atoms with van der Waals surface area (Å²) in [4.78, 5) is 33.7. The molecule has 0 saturated carbocycles. The van der Waals surface area contributed by atoms with Gasteiger partial charge in [0, 0.05) is 6.92 Å². The van der Waals surface area contributed by atoms with E-state index in [0.29, 0.717) is 0 Å². The van der Waals surface area contributed by atoms with Gasteiger partial charge in [0.15, 0.2) is 0 Å². The zero-order chi connectivity index (χ0) is 11.1. The standard InChI is InChI=1S/C8H13NO5/c1-6(10)9(4-7(11)13-2)5-8(12)14-3/h4-5H2,1-3H3. The normalized spacial score (nSPS) is 9.07. The molecule has 0 rings (SSSR count). The minimum absolute atomic E-state index is 0.249. The Morgan fingerprint density at radius 1 is 1.00 bits per heavy atom. The summed E-state index contributed by atoms with van der Waals surface area (Å²) in [6.07, 6.45) is 0. The van der Waals surface area contributed by atoms with Gasteiger partial charge in [0.1, 0.15) is 13.1 Å². The van der Waals surface area contributed by atoms with Gasteiger partial charge in [0.05, 0.1) is 14.2 Å². The molecule has 0 fully saturated rings. The zero-order valence-corrected chi connectivity index (χ0v) is 8.40. The fraction of sp³-hybridized carbons (Fsp3) is 0.625. The first-order chi connectivity index (χ1) is 6.51. The van der Waals surface area contributed by atoms with Crippen molar-refractivity contribution in [2.75, 3.05) is 27.3 Å². The Kier molecular flexibility index (Phi) is 5.28. The first-order valence-electron chi connectivity index (χ1n) is 3.90. The number of nitrogens with zero attached hydrogens (tertiary/aromatic N) is 1. The molecule has 0 aromatic heterocycles. The Bertz CT molecular complexity index is 220. The predicted octanol–water partition coefficient (Wildman–Crippen LogP) is -0.819. The molecule has 0 aliphatic carbocycles. The largest absolute Gasteiger partial charge is 0.468 e. The van der Waals surface area contributed by atoms with Crippen LogP contribution in [0.4, 0.5) is 0 Å². The molecule has 0 unspecified atom stereocenters. The van der Waals surface area contributed by atoms with Gasteiger partial charge in [-0.1, -0.05) is 0 Å². The highest BCUT2D eigenvalue weighted by atomic mass is 16.5. The summed E-state index contributed by atoms with van der Waals surface area (Å²) in [6.45, 7) is 0.758. The van der Waals surface area contributed by atoms with Gasteiger partial charge in [-0.15, -0.1) is 0 Å². The highest BCUT2D eigenvalue weighted by Gasteiger charge is 2.17. The van der Waals surface area contributed by atoms with E-state index < -0.39 is 11.9 Å². The monoisotopic (exact) mass is 203 g/mol. The second kappa shape index (κ2) is 5.95. The van der Waals surface area contributed by atoms with Crippen LogP contribution >= 0.6 is 0 Å². The molecule has 0 bridgehead atoms. The van der Waals surface area contributed by atoms with E-state index in [1.54, 1.807) is 0 Å². The summed E-state index contributed by atoms with van der Waals surface area (Å²) in [7, 11) is 2.41. The number of methoxy groups -OCH3 is 2. The van der Waals surface area contributed by atoms with Crippen LogP contribution in [0.5, 0.6) is 0 Å². The molecule has 0 atom stereocenters. The molecule has 0 radical (unpaired) electrons. The number of rotatable bonds is 4. The number of hydrogen-bond donors (Lipinski definition) is 0. The maximum absolute atomic E-state index is 11.0. The minimum atomic E-state index is -0.580. The van der Waals surface area contributed by atoms with Crippen LogP contribution < -0.4 is 0 Å². The first kappa shape index (κ1) is 12.4. The minimum Gasteiger partial charge on any atom is -0.468 e. The van der Waals surface area contributed by atoms with Crippen molar-refractivity contribution in [2.45, 2.75) is 6.92 Å². The van der Waals surface area contributed by atoms with E-state index in [2.05, 4.69) is 9.47 Å². The summed E-state index contributed by atoms with van der Waals surface area (Å²) < 4.78 is 8.72. The molecule has 0 N–H and O–H groups in total. The summed E-state index contributed by atoms with van der Waals surface area (Å²) in [6, 6.07) is 0. The second-order valence-electron chi connectivity index (χ2n) is 2.53. The van der Waals surface area contributed by atoms with Gasteiger partial charge in [-0.25, -0.2) is 0 Å². The predicted molar refractivity (Wildman–Crippen MR) is 46.3 cm³/mol. The molecular formula is C8H13NO5. The van der Waals surface area contributed by atoms with Gasteiger partial charge in [-0.3, -0.25) is 14.4 Å². The molecule has 80 valence electrons. The van der Waals surface area contributed by atoms with Gasteiger partial charge in [-0.2, -0.15) is 0 Å². The van der Waals surface area contributed by atoms with E-state index in [-0.39, 0.29) is 19.0 Å². The lowest BCUT2D eigenvalue weighted by Gasteiger charge is -2.17. The van der Waals surface area contributed by atoms with Crippen molar-refractivity contribution < 1.29 is 23.9 Å². The fourth-order valence-electron chi connectivity index (χ4n) is 0.719. The molecule has 6 nitrogen and oxygen atoms in total. The molecule has 0 aliphatic rings. The van der Waals surface area contributed by atoms with Crippen LogP contribution in [0.15, 0.2) is 0 Å². The quantitative estimate of drug-likeness (QED) is 0.558. The summed E-state index contributed by atoms with van der Waals surface area (Å²) in [5, 5.41) is 0. The van der Waals surface area contributed by atoms with Crippen molar-refractivity contribution in [2.24, 2.45) is 0 Å². The molecule has 0 aromatic rings. The van der Waals surface area contributed by atoms with E-state index in [9.17, 15) is 14.4 Å². The SMILES string of the molecule is COC(=O)CN(CC(=O)OC)C(C)=O. The molecule has 0 saturated heterocycles. The van der Waals surface area contributed by atoms with Crippen LogP contribution in [0.3, 0.4) is 0 Å². The number of hydrogen-bond acceptors (Lipinski definition) is 5. The molecule has 6 heteroatoms. The van der Waals surface area contributed by atoms with Crippen molar-refractivity contribution in [3.63, 3.8) is 0 Å². The van der Waals surface area contributed by atoms with E-state index in [0.717, 1.165) is 4.90 Å². The molecular weight excluding hydrogens is 190 g/mol. The van der Waals surface area contributed by atoms with Crippen LogP contribution in [-0.2, 0) is 23.9 Å². The molecule has 0 spiro atoms. The number of esters is 2. The topological polar surface area (TPSA) is 72.9 Å². The Labute approximate surface area is 81.8 Å². The third-order valence-electron chi connectivity index (χ3n) is 1.54. The lowest BCUT2D eigenvalue weighted by Crippen LogP contribution is -2.38. The highest BCUT2D eigenvalue weighted by molar-refractivity contribution is 5.84. The van der Waals surface area contributed by atoms with Crippen molar-refractivity contribution in [1.82, 2.24) is 4.90 Å². The Hall–Kier alpha value is -1.59. The van der Waals surface area contributed by atoms with E-state index >= 15 is 0 Å². The third-order valence-corrected chi connectivity index (χ3v) is 1.54. The van der Waals surface area contributed by atoms with Crippen molar-refractivity contribution in [3.8, 4) is 0 Å². The lowest BCUT2D eigenvalue weighted by atomic mass is 10.4. The van der Waals surface area contributed by atoms with E-state index in [1.165, 1.54) is 21.1 Å². The van der Waals surface area contributed by atoms with Gasteiger partial charge in [-0.05, 0) is 0 Å². The molecule has 1 amide bonds. The highest BCUT2D eigenvalue weighted by Crippen LogP contribution is 1.92. The van der Waals surface area contributed by atoms with Gasteiger partial charge < -0.3 is 14.4 Å². The first-order valence-corrected chi connectivity index (χ1v) is 3.90. The molecule has 14 heavy (non-hydrogen) atoms. The van der Waals surface area contributed by atoms with Crippen LogP contribution in [0.25, 0.3) is 0 Å². The molecule has 0 aromatic carbocycles. The Morgan fingerprint density at radius 3 is 1.57 bits per heavy atom. The average Bonchev–Trinajstić information content (AvgIpc) is 2.16. The fourth-order valence-corrected chi connectivity index (χ4v) is 0.719. The number of carbonyl (C=O) groups excluding carboxylic acids is 3. The van der Waals surface area contributed by atoms with Crippen LogP contribution in [0, 0.1) is 0 Å². The number of amides is 1. The van der Waals surface area contributed by atoms with Crippen molar-refractivity contribution in [3.05, 3.63) is 0 Å².